The van der Waals surface area contributed by atoms with Gasteiger partial charge in [0.1, 0.15) is 0 Å². The van der Waals surface area contributed by atoms with E-state index in [1.54, 1.807) is 4.90 Å². The standard InChI is InChI=1S/C16H14N2O3S/c19-16(14-6-7-15(22-14)18(20)21)17-10-8-13(9-11-17)12-4-2-1-3-5-12/h1-8H,9-11H2. The highest BCUT2D eigenvalue weighted by atomic mass is 32.1. The van der Waals surface area contributed by atoms with E-state index in [2.05, 4.69) is 18.2 Å². The predicted octanol–water partition coefficient (Wildman–Crippen LogP) is 3.59. The lowest BCUT2D eigenvalue weighted by molar-refractivity contribution is -0.380. The van der Waals surface area contributed by atoms with Gasteiger partial charge in [-0.05, 0) is 23.6 Å². The van der Waals surface area contributed by atoms with Gasteiger partial charge in [0.15, 0.2) is 0 Å². The van der Waals surface area contributed by atoms with Crippen molar-refractivity contribution in [2.75, 3.05) is 13.1 Å². The van der Waals surface area contributed by atoms with Crippen molar-refractivity contribution in [3.63, 3.8) is 0 Å². The number of thiophene rings is 1. The van der Waals surface area contributed by atoms with Gasteiger partial charge in [-0.2, -0.15) is 0 Å². The summed E-state index contributed by atoms with van der Waals surface area (Å²) >= 11 is 0.929. The second kappa shape index (κ2) is 6.11. The monoisotopic (exact) mass is 314 g/mol. The summed E-state index contributed by atoms with van der Waals surface area (Å²) in [5.41, 5.74) is 2.42. The van der Waals surface area contributed by atoms with Gasteiger partial charge in [-0.3, -0.25) is 14.9 Å². The van der Waals surface area contributed by atoms with Crippen LogP contribution in [0.2, 0.25) is 0 Å². The molecule has 0 saturated heterocycles. The van der Waals surface area contributed by atoms with Gasteiger partial charge in [-0.25, -0.2) is 0 Å². The van der Waals surface area contributed by atoms with Crippen molar-refractivity contribution in [1.29, 1.82) is 0 Å². The van der Waals surface area contributed by atoms with E-state index in [1.807, 2.05) is 18.2 Å². The molecule has 2 aromatic rings. The van der Waals surface area contributed by atoms with Crippen LogP contribution in [0.15, 0.2) is 48.5 Å². The minimum absolute atomic E-state index is 0.000811. The summed E-state index contributed by atoms with van der Waals surface area (Å²) in [6, 6.07) is 13.0. The van der Waals surface area contributed by atoms with Gasteiger partial charge in [0.05, 0.1) is 9.80 Å². The Morgan fingerprint density at radius 2 is 1.95 bits per heavy atom. The van der Waals surface area contributed by atoms with E-state index in [4.69, 9.17) is 0 Å². The summed E-state index contributed by atoms with van der Waals surface area (Å²) in [7, 11) is 0. The van der Waals surface area contributed by atoms with Crippen LogP contribution in [0.3, 0.4) is 0 Å². The quantitative estimate of drug-likeness (QED) is 0.642. The third kappa shape index (κ3) is 2.92. The number of rotatable bonds is 3. The summed E-state index contributed by atoms with van der Waals surface area (Å²) in [6.45, 7) is 1.17. The number of amides is 1. The molecule has 1 aromatic carbocycles. The Morgan fingerprint density at radius 1 is 1.18 bits per heavy atom. The van der Waals surface area contributed by atoms with Crippen LogP contribution in [0, 0.1) is 10.1 Å². The number of hydrogen-bond donors (Lipinski definition) is 0. The van der Waals surface area contributed by atoms with Crippen molar-refractivity contribution in [2.24, 2.45) is 0 Å². The molecule has 0 aliphatic carbocycles. The smallest absolute Gasteiger partial charge is 0.324 e. The summed E-state index contributed by atoms with van der Waals surface area (Å²) in [6.07, 6.45) is 2.85. The van der Waals surface area contributed by atoms with Crippen LogP contribution in [-0.2, 0) is 0 Å². The van der Waals surface area contributed by atoms with Gasteiger partial charge < -0.3 is 4.90 Å². The Labute approximate surface area is 131 Å². The Kier molecular flexibility index (Phi) is 4.02. The lowest BCUT2D eigenvalue weighted by Crippen LogP contribution is -2.34. The minimum atomic E-state index is -0.467. The fourth-order valence-corrected chi connectivity index (χ4v) is 3.25. The van der Waals surface area contributed by atoms with Crippen LogP contribution in [0.5, 0.6) is 0 Å². The van der Waals surface area contributed by atoms with Gasteiger partial charge in [0.2, 0.25) is 0 Å². The molecule has 0 N–H and O–H groups in total. The molecule has 0 bridgehead atoms. The fourth-order valence-electron chi connectivity index (χ4n) is 2.46. The molecule has 0 atom stereocenters. The minimum Gasteiger partial charge on any atom is -0.334 e. The van der Waals surface area contributed by atoms with Crippen LogP contribution in [0.25, 0.3) is 5.57 Å². The zero-order valence-electron chi connectivity index (χ0n) is 11.8. The zero-order valence-corrected chi connectivity index (χ0v) is 12.6. The highest BCUT2D eigenvalue weighted by Gasteiger charge is 2.22. The third-order valence-corrected chi connectivity index (χ3v) is 4.65. The van der Waals surface area contributed by atoms with Crippen LogP contribution < -0.4 is 0 Å². The van der Waals surface area contributed by atoms with Crippen LogP contribution in [0.4, 0.5) is 5.00 Å². The number of hydrogen-bond acceptors (Lipinski definition) is 4. The maximum Gasteiger partial charge on any atom is 0.324 e. The summed E-state index contributed by atoms with van der Waals surface area (Å²) in [5, 5.41) is 10.7. The van der Waals surface area contributed by atoms with E-state index >= 15 is 0 Å². The van der Waals surface area contributed by atoms with Gasteiger partial charge in [-0.1, -0.05) is 47.7 Å². The molecule has 0 radical (unpaired) electrons. The fraction of sp³-hybridized carbons (Fsp3) is 0.188. The van der Waals surface area contributed by atoms with E-state index < -0.39 is 4.92 Å². The molecule has 1 amide bonds. The highest BCUT2D eigenvalue weighted by Crippen LogP contribution is 2.27. The number of carbonyl (C=O) groups is 1. The second-order valence-electron chi connectivity index (χ2n) is 4.99. The van der Waals surface area contributed by atoms with Crippen molar-refractivity contribution in [2.45, 2.75) is 6.42 Å². The molecule has 2 heterocycles. The molecule has 5 nitrogen and oxygen atoms in total. The molecule has 6 heteroatoms. The number of carbonyl (C=O) groups excluding carboxylic acids is 1. The molecule has 0 unspecified atom stereocenters. The lowest BCUT2D eigenvalue weighted by atomic mass is 9.99. The van der Waals surface area contributed by atoms with Crippen molar-refractivity contribution in [3.8, 4) is 0 Å². The Bertz CT molecular complexity index is 737. The Morgan fingerprint density at radius 3 is 2.55 bits per heavy atom. The van der Waals surface area contributed by atoms with E-state index in [0.29, 0.717) is 18.0 Å². The van der Waals surface area contributed by atoms with Crippen molar-refractivity contribution < 1.29 is 9.72 Å². The number of benzene rings is 1. The van der Waals surface area contributed by atoms with Gasteiger partial charge in [0.25, 0.3) is 5.91 Å². The lowest BCUT2D eigenvalue weighted by Gasteiger charge is -2.26. The van der Waals surface area contributed by atoms with E-state index in [9.17, 15) is 14.9 Å². The van der Waals surface area contributed by atoms with E-state index in [-0.39, 0.29) is 10.9 Å². The first kappa shape index (κ1) is 14.5. The largest absolute Gasteiger partial charge is 0.334 e. The van der Waals surface area contributed by atoms with Gasteiger partial charge in [-0.15, -0.1) is 0 Å². The van der Waals surface area contributed by atoms with Gasteiger partial charge in [0, 0.05) is 19.2 Å². The topological polar surface area (TPSA) is 63.4 Å². The van der Waals surface area contributed by atoms with Gasteiger partial charge >= 0.3 is 5.00 Å². The molecule has 1 aliphatic rings. The number of nitro groups is 1. The molecule has 1 aliphatic heterocycles. The molecular formula is C16H14N2O3S. The van der Waals surface area contributed by atoms with Crippen LogP contribution in [-0.4, -0.2) is 28.8 Å². The van der Waals surface area contributed by atoms with Crippen LogP contribution in [0.1, 0.15) is 21.7 Å². The van der Waals surface area contributed by atoms with Crippen LogP contribution >= 0.6 is 11.3 Å². The van der Waals surface area contributed by atoms with E-state index in [1.165, 1.54) is 23.3 Å². The molecule has 1 aromatic heterocycles. The summed E-state index contributed by atoms with van der Waals surface area (Å²) < 4.78 is 0. The Hall–Kier alpha value is -2.47. The highest BCUT2D eigenvalue weighted by molar-refractivity contribution is 7.17. The third-order valence-electron chi connectivity index (χ3n) is 3.62. The average molecular weight is 314 g/mol. The first-order chi connectivity index (χ1) is 10.6. The molecule has 22 heavy (non-hydrogen) atoms. The first-order valence-electron chi connectivity index (χ1n) is 6.93. The van der Waals surface area contributed by atoms with Crippen molar-refractivity contribution >= 4 is 27.8 Å². The predicted molar refractivity (Wildman–Crippen MR) is 85.9 cm³/mol. The van der Waals surface area contributed by atoms with E-state index in [0.717, 1.165) is 17.8 Å². The molecule has 0 saturated carbocycles. The van der Waals surface area contributed by atoms with Crippen molar-refractivity contribution in [3.05, 3.63) is 69.1 Å². The summed E-state index contributed by atoms with van der Waals surface area (Å²) in [4.78, 5) is 24.7. The maximum atomic E-state index is 12.4. The Balaban J connectivity index is 1.71. The summed E-state index contributed by atoms with van der Waals surface area (Å²) in [5.74, 6) is -0.138. The molecule has 3 rings (SSSR count). The van der Waals surface area contributed by atoms with Crippen molar-refractivity contribution in [1.82, 2.24) is 4.90 Å². The average Bonchev–Trinajstić information content (AvgIpc) is 3.05. The normalized spacial score (nSPS) is 14.5. The number of nitrogens with zero attached hydrogens (tertiary/aromatic N) is 2. The second-order valence-corrected chi connectivity index (χ2v) is 6.05. The molecule has 0 spiro atoms. The molecule has 0 fully saturated rings. The maximum absolute atomic E-state index is 12.4. The first-order valence-corrected chi connectivity index (χ1v) is 7.75. The zero-order chi connectivity index (χ0) is 15.5. The molecular weight excluding hydrogens is 300 g/mol. The molecule has 112 valence electrons. The SMILES string of the molecule is O=C(c1ccc([N+](=O)[O-])s1)N1CC=C(c2ccccc2)CC1.